The number of halogens is 3. The molecule has 4 nitrogen and oxygen atoms in total. The predicted molar refractivity (Wildman–Crippen MR) is 73.2 cm³/mol. The quantitative estimate of drug-likeness (QED) is 0.930. The highest BCUT2D eigenvalue weighted by atomic mass is 19.4. The van der Waals surface area contributed by atoms with E-state index < -0.39 is 12.6 Å². The molecular weight excluding hydrogens is 281 g/mol. The first-order chi connectivity index (χ1) is 10.0. The highest BCUT2D eigenvalue weighted by molar-refractivity contribution is 5.37. The van der Waals surface area contributed by atoms with Gasteiger partial charge < -0.3 is 10.2 Å². The zero-order valence-electron chi connectivity index (χ0n) is 11.7. The van der Waals surface area contributed by atoms with Crippen molar-refractivity contribution in [3.05, 3.63) is 18.0 Å². The molecule has 0 amide bonds. The Morgan fingerprint density at radius 2 is 2.05 bits per heavy atom. The number of fused-ring (bicyclic) bond motifs is 2. The lowest BCUT2D eigenvalue weighted by Gasteiger charge is -2.28. The second-order valence-corrected chi connectivity index (χ2v) is 5.75. The van der Waals surface area contributed by atoms with Crippen LogP contribution in [0.2, 0.25) is 0 Å². The Balaban J connectivity index is 1.76. The molecule has 2 saturated heterocycles. The molecule has 2 bridgehead atoms. The lowest BCUT2D eigenvalue weighted by atomic mass is 10.1. The van der Waals surface area contributed by atoms with Gasteiger partial charge in [-0.15, -0.1) is 0 Å². The van der Waals surface area contributed by atoms with Crippen LogP contribution in [0.15, 0.2) is 12.3 Å². The summed E-state index contributed by atoms with van der Waals surface area (Å²) < 4.78 is 37.0. The van der Waals surface area contributed by atoms with Gasteiger partial charge in [-0.25, -0.2) is 9.97 Å². The van der Waals surface area contributed by atoms with E-state index in [9.17, 15) is 13.2 Å². The Morgan fingerprint density at radius 3 is 2.86 bits per heavy atom. The molecule has 2 atom stereocenters. The average Bonchev–Trinajstić information content (AvgIpc) is 2.69. The van der Waals surface area contributed by atoms with E-state index in [1.807, 2.05) is 0 Å². The van der Waals surface area contributed by atoms with Crippen molar-refractivity contribution in [2.24, 2.45) is 0 Å². The minimum atomic E-state index is -4.14. The van der Waals surface area contributed by atoms with E-state index in [0.717, 1.165) is 32.4 Å². The molecule has 0 radical (unpaired) electrons. The molecule has 21 heavy (non-hydrogen) atoms. The fourth-order valence-electron chi connectivity index (χ4n) is 3.23. The van der Waals surface area contributed by atoms with Gasteiger partial charge in [0.05, 0.1) is 0 Å². The van der Waals surface area contributed by atoms with Gasteiger partial charge in [0.15, 0.2) is 0 Å². The summed E-state index contributed by atoms with van der Waals surface area (Å²) in [7, 11) is 0. The number of anilines is 1. The molecular formula is C14H19F3N4. The first-order valence-electron chi connectivity index (χ1n) is 7.41. The molecule has 116 valence electrons. The van der Waals surface area contributed by atoms with Crippen molar-refractivity contribution in [3.8, 4) is 0 Å². The van der Waals surface area contributed by atoms with Gasteiger partial charge in [-0.05, 0) is 38.3 Å². The van der Waals surface area contributed by atoms with E-state index in [4.69, 9.17) is 0 Å². The number of hydrogen-bond donors (Lipinski definition) is 1. The van der Waals surface area contributed by atoms with Gasteiger partial charge in [0.1, 0.15) is 0 Å². The molecule has 0 unspecified atom stereocenters. The number of hydrogen-bond acceptors (Lipinski definition) is 4. The molecule has 0 saturated carbocycles. The van der Waals surface area contributed by atoms with Gasteiger partial charge in [-0.2, -0.15) is 13.2 Å². The van der Waals surface area contributed by atoms with Gasteiger partial charge in [-0.3, -0.25) is 0 Å². The first kappa shape index (κ1) is 14.6. The number of aromatic nitrogens is 2. The van der Waals surface area contributed by atoms with Crippen LogP contribution in [-0.2, 0) is 6.42 Å². The van der Waals surface area contributed by atoms with Crippen molar-refractivity contribution < 1.29 is 13.2 Å². The molecule has 7 heteroatoms. The summed E-state index contributed by atoms with van der Waals surface area (Å²) in [6.45, 7) is 1.87. The largest absolute Gasteiger partial charge is 0.389 e. The number of aryl methyl sites for hydroxylation is 1. The minimum absolute atomic E-state index is 0.0829. The second-order valence-electron chi connectivity index (χ2n) is 5.75. The van der Waals surface area contributed by atoms with Crippen LogP contribution in [0, 0.1) is 0 Å². The zero-order chi connectivity index (χ0) is 14.9. The maximum atomic E-state index is 12.3. The average molecular weight is 300 g/mol. The van der Waals surface area contributed by atoms with Gasteiger partial charge >= 0.3 is 6.18 Å². The van der Waals surface area contributed by atoms with Crippen molar-refractivity contribution >= 4 is 5.95 Å². The van der Waals surface area contributed by atoms with Crippen molar-refractivity contribution in [2.75, 3.05) is 18.0 Å². The summed E-state index contributed by atoms with van der Waals surface area (Å²) in [5, 5.41) is 3.39. The highest BCUT2D eigenvalue weighted by Crippen LogP contribution is 2.31. The summed E-state index contributed by atoms with van der Waals surface area (Å²) in [6, 6.07) is 2.34. The molecule has 0 aromatic carbocycles. The van der Waals surface area contributed by atoms with E-state index >= 15 is 0 Å². The maximum absolute atomic E-state index is 12.3. The Bertz CT molecular complexity index is 477. The second kappa shape index (κ2) is 5.79. The summed E-state index contributed by atoms with van der Waals surface area (Å²) >= 11 is 0. The third kappa shape index (κ3) is 3.45. The molecule has 3 rings (SSSR count). The Morgan fingerprint density at radius 1 is 1.24 bits per heavy atom. The van der Waals surface area contributed by atoms with E-state index in [-0.39, 0.29) is 6.42 Å². The topological polar surface area (TPSA) is 41.1 Å². The molecule has 1 aromatic heterocycles. The molecule has 2 aliphatic rings. The minimum Gasteiger partial charge on any atom is -0.334 e. The van der Waals surface area contributed by atoms with Crippen molar-refractivity contribution in [1.29, 1.82) is 0 Å². The third-order valence-corrected chi connectivity index (χ3v) is 4.25. The monoisotopic (exact) mass is 300 g/mol. The lowest BCUT2D eigenvalue weighted by Crippen LogP contribution is -2.39. The maximum Gasteiger partial charge on any atom is 0.389 e. The lowest BCUT2D eigenvalue weighted by molar-refractivity contribution is -0.134. The number of alkyl halides is 3. The van der Waals surface area contributed by atoms with Gasteiger partial charge in [0.2, 0.25) is 5.95 Å². The number of rotatable bonds is 3. The third-order valence-electron chi connectivity index (χ3n) is 4.25. The number of nitrogens with zero attached hydrogens (tertiary/aromatic N) is 3. The Labute approximate surface area is 121 Å². The van der Waals surface area contributed by atoms with Crippen molar-refractivity contribution in [1.82, 2.24) is 15.3 Å². The van der Waals surface area contributed by atoms with Crippen LogP contribution in [0.3, 0.4) is 0 Å². The van der Waals surface area contributed by atoms with Crippen LogP contribution in [0.5, 0.6) is 0 Å². The zero-order valence-corrected chi connectivity index (χ0v) is 11.7. The van der Waals surface area contributed by atoms with Gasteiger partial charge in [0, 0.05) is 36.9 Å². The van der Waals surface area contributed by atoms with Crippen LogP contribution >= 0.6 is 0 Å². The van der Waals surface area contributed by atoms with Crippen LogP contribution in [0.4, 0.5) is 19.1 Å². The molecule has 3 heterocycles. The van der Waals surface area contributed by atoms with E-state index in [0.29, 0.717) is 23.7 Å². The van der Waals surface area contributed by atoms with E-state index in [2.05, 4.69) is 20.2 Å². The van der Waals surface area contributed by atoms with E-state index in [1.165, 1.54) is 0 Å². The summed E-state index contributed by atoms with van der Waals surface area (Å²) in [5.41, 5.74) is 0.467. The van der Waals surface area contributed by atoms with Crippen LogP contribution in [-0.4, -0.2) is 41.3 Å². The molecule has 2 aliphatic heterocycles. The van der Waals surface area contributed by atoms with Crippen LogP contribution in [0.1, 0.15) is 31.4 Å². The highest BCUT2D eigenvalue weighted by Gasteiger charge is 2.36. The predicted octanol–water partition coefficient (Wildman–Crippen LogP) is 2.30. The van der Waals surface area contributed by atoms with Crippen LogP contribution in [0.25, 0.3) is 0 Å². The fourth-order valence-corrected chi connectivity index (χ4v) is 3.23. The summed E-state index contributed by atoms with van der Waals surface area (Å²) in [6.07, 6.45) is -0.246. The normalized spacial score (nSPS) is 26.0. The van der Waals surface area contributed by atoms with Crippen molar-refractivity contribution in [3.63, 3.8) is 0 Å². The van der Waals surface area contributed by atoms with E-state index in [1.54, 1.807) is 12.3 Å². The smallest absolute Gasteiger partial charge is 0.334 e. The summed E-state index contributed by atoms with van der Waals surface area (Å²) in [5.74, 6) is 0.589. The number of nitrogens with one attached hydrogen (secondary N) is 1. The Hall–Kier alpha value is -1.37. The fraction of sp³-hybridized carbons (Fsp3) is 0.714. The molecule has 0 spiro atoms. The van der Waals surface area contributed by atoms with Crippen LogP contribution < -0.4 is 10.2 Å². The van der Waals surface area contributed by atoms with Crippen molar-refractivity contribution in [2.45, 2.75) is 50.4 Å². The van der Waals surface area contributed by atoms with Gasteiger partial charge in [0.25, 0.3) is 0 Å². The standard InChI is InChI=1S/C14H19F3N4/c15-14(16,17)6-3-10-4-8-19-13(20-10)21-11-1-2-12(21)9-18-7-5-11/h4,8,11-12,18H,1-3,5-7,9H2/t11-,12+/m0/s1. The molecule has 1 aromatic rings. The Kier molecular flexibility index (Phi) is 4.01. The SMILES string of the molecule is FC(F)(F)CCc1ccnc(N2[C@@H]3CCNC[C@H]2CC3)n1. The summed E-state index contributed by atoms with van der Waals surface area (Å²) in [4.78, 5) is 10.9. The molecule has 2 fully saturated rings. The molecule has 0 aliphatic carbocycles. The molecule has 1 N–H and O–H groups in total. The first-order valence-corrected chi connectivity index (χ1v) is 7.41. The van der Waals surface area contributed by atoms with Gasteiger partial charge in [-0.1, -0.05) is 0 Å².